The minimum absolute atomic E-state index is 0.0481. The molecule has 1 aromatic carbocycles. The predicted molar refractivity (Wildman–Crippen MR) is 76.5 cm³/mol. The van der Waals surface area contributed by atoms with Crippen LogP contribution in [0.5, 0.6) is 5.75 Å². The molecule has 0 radical (unpaired) electrons. The highest BCUT2D eigenvalue weighted by molar-refractivity contribution is 5.94. The summed E-state index contributed by atoms with van der Waals surface area (Å²) in [5.74, 6) is 0.345. The molecule has 1 heterocycles. The number of ketones is 1. The third kappa shape index (κ3) is 3.35. The molecule has 0 bridgehead atoms. The Kier molecular flexibility index (Phi) is 4.59. The third-order valence-corrected chi connectivity index (χ3v) is 4.08. The molecule has 3 heteroatoms. The van der Waals surface area contributed by atoms with Crippen LogP contribution >= 0.6 is 0 Å². The number of benzene rings is 1. The minimum atomic E-state index is 0.0481. The van der Waals surface area contributed by atoms with Crippen molar-refractivity contribution in [3.8, 4) is 5.75 Å². The van der Waals surface area contributed by atoms with Crippen molar-refractivity contribution >= 4 is 5.78 Å². The molecule has 1 N–H and O–H groups in total. The number of phenols is 1. The van der Waals surface area contributed by atoms with Crippen molar-refractivity contribution in [1.82, 2.24) is 4.90 Å². The Morgan fingerprint density at radius 2 is 2.21 bits per heavy atom. The highest BCUT2D eigenvalue weighted by Gasteiger charge is 2.21. The fourth-order valence-corrected chi connectivity index (χ4v) is 2.88. The molecular formula is C16H23NO2. The van der Waals surface area contributed by atoms with Crippen molar-refractivity contribution in [3.05, 3.63) is 29.3 Å². The van der Waals surface area contributed by atoms with Crippen LogP contribution in [0.4, 0.5) is 0 Å². The molecule has 0 spiro atoms. The van der Waals surface area contributed by atoms with E-state index in [2.05, 4.69) is 11.8 Å². The molecular weight excluding hydrogens is 238 g/mol. The van der Waals surface area contributed by atoms with E-state index in [1.54, 1.807) is 19.1 Å². The molecule has 1 unspecified atom stereocenters. The van der Waals surface area contributed by atoms with Gasteiger partial charge < -0.3 is 5.11 Å². The number of nitrogens with zero attached hydrogens (tertiary/aromatic N) is 1. The second kappa shape index (κ2) is 6.20. The van der Waals surface area contributed by atoms with Crippen molar-refractivity contribution in [2.24, 2.45) is 0 Å². The lowest BCUT2D eigenvalue weighted by Crippen LogP contribution is -2.38. The first-order valence-electron chi connectivity index (χ1n) is 7.18. The van der Waals surface area contributed by atoms with Gasteiger partial charge in [-0.05, 0) is 50.9 Å². The molecule has 0 aromatic heterocycles. The fourth-order valence-electron chi connectivity index (χ4n) is 2.88. The van der Waals surface area contributed by atoms with E-state index < -0.39 is 0 Å². The zero-order valence-electron chi connectivity index (χ0n) is 11.9. The number of Topliss-reactive ketones (excluding diaryl/α,β-unsaturated/α-hetero) is 1. The van der Waals surface area contributed by atoms with Gasteiger partial charge in [0.25, 0.3) is 0 Å². The molecule has 104 valence electrons. The number of hydrogen-bond acceptors (Lipinski definition) is 3. The number of carbonyl (C=O) groups excluding carboxylic acids is 1. The number of hydrogen-bond donors (Lipinski definition) is 1. The Labute approximate surface area is 115 Å². The van der Waals surface area contributed by atoms with Gasteiger partial charge in [0, 0.05) is 23.7 Å². The second-order valence-corrected chi connectivity index (χ2v) is 5.43. The van der Waals surface area contributed by atoms with Gasteiger partial charge >= 0.3 is 0 Å². The molecule has 1 saturated heterocycles. The van der Waals surface area contributed by atoms with Gasteiger partial charge in [-0.1, -0.05) is 13.3 Å². The second-order valence-electron chi connectivity index (χ2n) is 5.43. The lowest BCUT2D eigenvalue weighted by atomic mass is 9.98. The predicted octanol–water partition coefficient (Wildman–Crippen LogP) is 3.36. The molecule has 1 aliphatic rings. The average molecular weight is 261 g/mol. The van der Waals surface area contributed by atoms with Gasteiger partial charge in [-0.25, -0.2) is 0 Å². The first kappa shape index (κ1) is 14.1. The van der Waals surface area contributed by atoms with Crippen molar-refractivity contribution < 1.29 is 9.90 Å². The Balaban J connectivity index is 2.17. The number of aromatic hydroxyl groups is 1. The summed E-state index contributed by atoms with van der Waals surface area (Å²) in [6, 6.07) is 5.76. The minimum Gasteiger partial charge on any atom is -0.508 e. The normalized spacial score (nSPS) is 20.4. The van der Waals surface area contributed by atoms with E-state index in [9.17, 15) is 9.90 Å². The van der Waals surface area contributed by atoms with E-state index in [4.69, 9.17) is 0 Å². The zero-order valence-corrected chi connectivity index (χ0v) is 11.9. The van der Waals surface area contributed by atoms with Gasteiger partial charge in [-0.2, -0.15) is 0 Å². The first-order chi connectivity index (χ1) is 9.11. The van der Waals surface area contributed by atoms with Crippen LogP contribution in [-0.2, 0) is 6.54 Å². The molecule has 0 saturated carbocycles. The number of likely N-dealkylation sites (tertiary alicyclic amines) is 1. The molecule has 2 rings (SSSR count). The maximum atomic E-state index is 11.4. The van der Waals surface area contributed by atoms with E-state index in [1.807, 2.05) is 6.07 Å². The molecule has 0 amide bonds. The summed E-state index contributed by atoms with van der Waals surface area (Å²) < 4.78 is 0. The standard InChI is InChI=1S/C16H23NO2/c1-3-15-6-4-5-9-17(15)11-14-10-13(12(2)18)7-8-16(14)19/h7-8,10,15,19H,3-6,9,11H2,1-2H3. The van der Waals surface area contributed by atoms with E-state index in [0.29, 0.717) is 17.4 Å². The molecule has 1 aromatic rings. The highest BCUT2D eigenvalue weighted by Crippen LogP contribution is 2.26. The Bertz CT molecular complexity index is 456. The lowest BCUT2D eigenvalue weighted by molar-refractivity contribution is 0.101. The van der Waals surface area contributed by atoms with Gasteiger partial charge in [0.2, 0.25) is 0 Å². The highest BCUT2D eigenvalue weighted by atomic mass is 16.3. The van der Waals surface area contributed by atoms with E-state index >= 15 is 0 Å². The Morgan fingerprint density at radius 3 is 2.89 bits per heavy atom. The third-order valence-electron chi connectivity index (χ3n) is 4.08. The quantitative estimate of drug-likeness (QED) is 0.845. The van der Waals surface area contributed by atoms with Crippen molar-refractivity contribution in [1.29, 1.82) is 0 Å². The van der Waals surface area contributed by atoms with Crippen molar-refractivity contribution in [2.45, 2.75) is 52.1 Å². The molecule has 1 aliphatic heterocycles. The number of phenolic OH excluding ortho intramolecular Hbond substituents is 1. The number of rotatable bonds is 4. The van der Waals surface area contributed by atoms with E-state index in [1.165, 1.54) is 19.3 Å². The lowest BCUT2D eigenvalue weighted by Gasteiger charge is -2.35. The average Bonchev–Trinajstić information content (AvgIpc) is 2.41. The van der Waals surface area contributed by atoms with Crippen LogP contribution in [0.1, 0.15) is 55.5 Å². The van der Waals surface area contributed by atoms with Gasteiger partial charge in [0.1, 0.15) is 5.75 Å². The maximum Gasteiger partial charge on any atom is 0.159 e. The van der Waals surface area contributed by atoms with E-state index in [-0.39, 0.29) is 5.78 Å². The number of piperidine rings is 1. The monoisotopic (exact) mass is 261 g/mol. The SMILES string of the molecule is CCC1CCCCN1Cc1cc(C(C)=O)ccc1O. The van der Waals surface area contributed by atoms with E-state index in [0.717, 1.165) is 25.1 Å². The fraction of sp³-hybridized carbons (Fsp3) is 0.562. The summed E-state index contributed by atoms with van der Waals surface area (Å²) in [6.07, 6.45) is 4.91. The van der Waals surface area contributed by atoms with Crippen LogP contribution in [0.3, 0.4) is 0 Å². The summed E-state index contributed by atoms with van der Waals surface area (Å²) in [6.45, 7) is 5.61. The molecule has 1 fully saturated rings. The first-order valence-corrected chi connectivity index (χ1v) is 7.18. The Hall–Kier alpha value is -1.35. The van der Waals surface area contributed by atoms with Crippen molar-refractivity contribution in [3.63, 3.8) is 0 Å². The maximum absolute atomic E-state index is 11.4. The molecule has 19 heavy (non-hydrogen) atoms. The summed E-state index contributed by atoms with van der Waals surface area (Å²) in [5.41, 5.74) is 1.55. The topological polar surface area (TPSA) is 40.5 Å². The zero-order chi connectivity index (χ0) is 13.8. The van der Waals surface area contributed by atoms with Crippen LogP contribution < -0.4 is 0 Å². The van der Waals surface area contributed by atoms with Crippen LogP contribution in [-0.4, -0.2) is 28.4 Å². The Morgan fingerprint density at radius 1 is 1.42 bits per heavy atom. The molecule has 3 nitrogen and oxygen atoms in total. The summed E-state index contributed by atoms with van der Waals surface area (Å²) in [4.78, 5) is 13.9. The number of carbonyl (C=O) groups is 1. The summed E-state index contributed by atoms with van der Waals surface area (Å²) in [7, 11) is 0. The van der Waals surface area contributed by atoms with Gasteiger partial charge in [-0.15, -0.1) is 0 Å². The van der Waals surface area contributed by atoms with Crippen LogP contribution in [0.25, 0.3) is 0 Å². The van der Waals surface area contributed by atoms with Gasteiger partial charge in [0.05, 0.1) is 0 Å². The van der Waals surface area contributed by atoms with Gasteiger partial charge in [0.15, 0.2) is 5.78 Å². The van der Waals surface area contributed by atoms with Gasteiger partial charge in [-0.3, -0.25) is 9.69 Å². The molecule has 1 atom stereocenters. The summed E-state index contributed by atoms with van der Waals surface area (Å²) in [5, 5.41) is 9.97. The molecule has 0 aliphatic carbocycles. The van der Waals surface area contributed by atoms with Crippen molar-refractivity contribution in [2.75, 3.05) is 6.54 Å². The van der Waals surface area contributed by atoms with Crippen LogP contribution in [0.15, 0.2) is 18.2 Å². The summed E-state index contributed by atoms with van der Waals surface area (Å²) >= 11 is 0. The smallest absolute Gasteiger partial charge is 0.159 e. The van der Waals surface area contributed by atoms with Crippen LogP contribution in [0.2, 0.25) is 0 Å². The van der Waals surface area contributed by atoms with Crippen LogP contribution in [0, 0.1) is 0 Å². The largest absolute Gasteiger partial charge is 0.508 e.